The molecular formula is C10H29O18P3. The summed E-state index contributed by atoms with van der Waals surface area (Å²) in [6.45, 7) is -3.25. The van der Waals surface area contributed by atoms with Gasteiger partial charge in [-0.3, -0.25) is 0 Å². The number of phosphoric acid groups is 3. The maximum atomic E-state index is 10.4. The normalized spacial score (nSPS) is 13.1. The van der Waals surface area contributed by atoms with Crippen molar-refractivity contribution in [3.63, 3.8) is 0 Å². The van der Waals surface area contributed by atoms with Gasteiger partial charge in [-0.1, -0.05) is 0 Å². The third-order valence-corrected chi connectivity index (χ3v) is 6.46. The van der Waals surface area contributed by atoms with E-state index in [-0.39, 0.29) is 0 Å². The first kappa shape index (κ1) is 35.7. The average molecular weight is 530 g/mol. The number of hydrogen-bond donors (Lipinski definition) is 13. The number of aliphatic hydroxyl groups excluding tert-OH is 8. The monoisotopic (exact) mass is 530 g/mol. The summed E-state index contributed by atoms with van der Waals surface area (Å²) < 4.78 is 36.4. The summed E-state index contributed by atoms with van der Waals surface area (Å²) in [6.07, 6.45) is 0. The molecule has 0 atom stereocenters. The minimum atomic E-state index is -5.46. The quantitative estimate of drug-likeness (QED) is 0.105. The van der Waals surface area contributed by atoms with Gasteiger partial charge in [0, 0.05) is 0 Å². The van der Waals surface area contributed by atoms with Crippen LogP contribution < -0.4 is 0 Å². The molecule has 0 amide bonds. The summed E-state index contributed by atoms with van der Waals surface area (Å²) in [6, 6.07) is 0. The van der Waals surface area contributed by atoms with E-state index >= 15 is 0 Å². The van der Waals surface area contributed by atoms with Crippen molar-refractivity contribution in [3.8, 4) is 0 Å². The summed E-state index contributed by atoms with van der Waals surface area (Å²) in [5, 5.41) is 68.0. The van der Waals surface area contributed by atoms with Crippen LogP contribution in [0.15, 0.2) is 0 Å². The maximum absolute atomic E-state index is 10.4. The molecule has 31 heavy (non-hydrogen) atoms. The Kier molecular flexibility index (Phi) is 18.2. The van der Waals surface area contributed by atoms with Crippen LogP contribution in [0.5, 0.6) is 0 Å². The van der Waals surface area contributed by atoms with E-state index in [4.69, 9.17) is 65.3 Å². The van der Waals surface area contributed by atoms with Gasteiger partial charge >= 0.3 is 23.5 Å². The van der Waals surface area contributed by atoms with Gasteiger partial charge in [-0.05, 0) is 0 Å². The summed E-state index contributed by atoms with van der Waals surface area (Å²) >= 11 is 0. The first-order valence-corrected chi connectivity index (χ1v) is 12.2. The van der Waals surface area contributed by atoms with E-state index < -0.39 is 87.2 Å². The summed E-state index contributed by atoms with van der Waals surface area (Å²) in [4.78, 5) is 40.2. The fourth-order valence-corrected chi connectivity index (χ4v) is 3.42. The molecule has 0 bridgehead atoms. The van der Waals surface area contributed by atoms with Crippen molar-refractivity contribution < 1.29 is 87.6 Å². The average Bonchev–Trinajstić information content (AvgIpc) is 2.63. The fraction of sp³-hybridized carbons (Fsp3) is 1.00. The first-order valence-electron chi connectivity index (χ1n) is 7.64. The molecule has 18 nitrogen and oxygen atoms in total. The van der Waals surface area contributed by atoms with Crippen LogP contribution in [0.4, 0.5) is 0 Å². The van der Waals surface area contributed by atoms with Crippen LogP contribution >= 0.6 is 23.5 Å². The molecule has 0 aliphatic heterocycles. The van der Waals surface area contributed by atoms with E-state index in [1.165, 1.54) is 0 Å². The lowest BCUT2D eigenvalue weighted by atomic mass is 9.93. The summed E-state index contributed by atoms with van der Waals surface area (Å²) in [5.74, 6) is 0. The molecule has 0 aromatic rings. The zero-order valence-corrected chi connectivity index (χ0v) is 18.5. The molecule has 0 radical (unpaired) electrons. The second kappa shape index (κ2) is 15.8. The Morgan fingerprint density at radius 2 is 0.613 bits per heavy atom. The molecule has 0 aliphatic carbocycles. The smallest absolute Gasteiger partial charge is 0.396 e. The molecule has 21 heteroatoms. The molecule has 0 aliphatic rings. The van der Waals surface area contributed by atoms with Crippen molar-refractivity contribution in [2.75, 3.05) is 52.9 Å². The van der Waals surface area contributed by atoms with Crippen molar-refractivity contribution in [3.05, 3.63) is 0 Å². The van der Waals surface area contributed by atoms with Gasteiger partial charge in [-0.2, -0.15) is 8.62 Å². The fourth-order valence-electron chi connectivity index (χ4n) is 0.884. The Balaban J connectivity index is -0.000000390. The van der Waals surface area contributed by atoms with Gasteiger partial charge in [0.2, 0.25) is 0 Å². The van der Waals surface area contributed by atoms with Gasteiger partial charge in [0.25, 0.3) is 0 Å². The van der Waals surface area contributed by atoms with Crippen LogP contribution in [0.3, 0.4) is 0 Å². The summed E-state index contributed by atoms with van der Waals surface area (Å²) in [5.41, 5.74) is -2.22. The molecule has 0 saturated heterocycles. The number of hydrogen-bond acceptors (Lipinski definition) is 13. The van der Waals surface area contributed by atoms with Crippen LogP contribution in [-0.2, 0) is 22.3 Å². The van der Waals surface area contributed by atoms with Gasteiger partial charge < -0.3 is 65.3 Å². The zero-order valence-electron chi connectivity index (χ0n) is 15.9. The van der Waals surface area contributed by atoms with E-state index in [2.05, 4.69) is 8.62 Å². The third kappa shape index (κ3) is 18.2. The zero-order chi connectivity index (χ0) is 25.6. The van der Waals surface area contributed by atoms with Crippen LogP contribution in [0, 0.1) is 10.8 Å². The van der Waals surface area contributed by atoms with Crippen molar-refractivity contribution in [1.29, 1.82) is 0 Å². The lowest BCUT2D eigenvalue weighted by Crippen LogP contribution is -2.37. The van der Waals surface area contributed by atoms with E-state index in [9.17, 15) is 13.7 Å². The molecule has 13 N–H and O–H groups in total. The van der Waals surface area contributed by atoms with E-state index in [1.807, 2.05) is 0 Å². The number of rotatable bonds is 12. The Morgan fingerprint density at radius 3 is 0.677 bits per heavy atom. The highest BCUT2D eigenvalue weighted by molar-refractivity contribution is 7.66. The molecule has 0 aromatic carbocycles. The second-order valence-electron chi connectivity index (χ2n) is 5.88. The van der Waals surface area contributed by atoms with Crippen molar-refractivity contribution in [1.82, 2.24) is 0 Å². The van der Waals surface area contributed by atoms with Gasteiger partial charge in [0.15, 0.2) is 0 Å². The lowest BCUT2D eigenvalue weighted by molar-refractivity contribution is -0.0332. The van der Waals surface area contributed by atoms with E-state index in [0.717, 1.165) is 0 Å². The largest absolute Gasteiger partial charge is 0.490 e. The summed E-state index contributed by atoms with van der Waals surface area (Å²) in [7, 11) is -16.2. The molecular weight excluding hydrogens is 501 g/mol. The highest BCUT2D eigenvalue weighted by Gasteiger charge is 2.38. The maximum Gasteiger partial charge on any atom is 0.490 e. The SMILES string of the molecule is O=P(O)(O)OP(=O)(O)OP(=O)(O)O.OCC(CO)(CO)CO.OCC(CO)(CO)CO. The van der Waals surface area contributed by atoms with Crippen molar-refractivity contribution >= 4 is 23.5 Å². The highest BCUT2D eigenvalue weighted by atomic mass is 31.3. The predicted octanol–water partition coefficient (Wildman–Crippen LogP) is -4.81. The number of aliphatic hydroxyl groups is 8. The predicted molar refractivity (Wildman–Crippen MR) is 97.6 cm³/mol. The van der Waals surface area contributed by atoms with Gasteiger partial charge in [-0.25, -0.2) is 13.7 Å². The third-order valence-electron chi connectivity index (χ3n) is 3.10. The van der Waals surface area contributed by atoms with Crippen molar-refractivity contribution in [2.24, 2.45) is 10.8 Å². The van der Waals surface area contributed by atoms with Crippen LogP contribution in [0.25, 0.3) is 0 Å². The molecule has 0 aromatic heterocycles. The van der Waals surface area contributed by atoms with Crippen LogP contribution in [0.1, 0.15) is 0 Å². The van der Waals surface area contributed by atoms with Gasteiger partial charge in [-0.15, -0.1) is 0 Å². The second-order valence-corrected chi connectivity index (χ2v) is 10.1. The molecule has 0 spiro atoms. The van der Waals surface area contributed by atoms with E-state index in [0.29, 0.717) is 0 Å². The van der Waals surface area contributed by atoms with Gasteiger partial charge in [0.05, 0.1) is 63.7 Å². The van der Waals surface area contributed by atoms with Crippen molar-refractivity contribution in [2.45, 2.75) is 0 Å². The topological polar surface area (TPSA) is 333 Å². The highest BCUT2D eigenvalue weighted by Crippen LogP contribution is 2.64. The van der Waals surface area contributed by atoms with Gasteiger partial charge in [0.1, 0.15) is 0 Å². The van der Waals surface area contributed by atoms with Crippen LogP contribution in [0.2, 0.25) is 0 Å². The Hall–Kier alpha value is 0.0900. The van der Waals surface area contributed by atoms with Crippen LogP contribution in [-0.4, -0.2) is 118 Å². The Labute approximate surface area is 175 Å². The molecule has 0 saturated carbocycles. The molecule has 0 fully saturated rings. The Morgan fingerprint density at radius 1 is 0.452 bits per heavy atom. The molecule has 0 heterocycles. The standard InChI is InChI=1S/2C5H12O4.H5O10P3/c2*6-1-5(2-7,3-8)4-9;1-11(2,3)9-13(7,8)10-12(4,5)6/h2*6-9H,1-4H2;(H,7,8)(H2,1,2,3)(H2,4,5,6). The van der Waals surface area contributed by atoms with E-state index in [1.54, 1.807) is 0 Å². The lowest BCUT2D eigenvalue weighted by Gasteiger charge is -2.23. The minimum Gasteiger partial charge on any atom is -0.396 e. The first-order chi connectivity index (χ1) is 13.9. The molecule has 0 rings (SSSR count). The molecule has 0 unspecified atom stereocenters. The molecule has 192 valence electrons. The Bertz CT molecular complexity index is 508. The minimum absolute atomic E-state index is 0.406.